The van der Waals surface area contributed by atoms with E-state index in [1.165, 1.54) is 12.1 Å². The Morgan fingerprint density at radius 2 is 2.18 bits per heavy atom. The molecule has 94 valence electrons. The first-order valence-corrected chi connectivity index (χ1v) is 7.93. The minimum absolute atomic E-state index is 0.128. The summed E-state index contributed by atoms with van der Waals surface area (Å²) in [5.41, 5.74) is 0.499. The zero-order chi connectivity index (χ0) is 13.1. The molecule has 0 saturated carbocycles. The summed E-state index contributed by atoms with van der Waals surface area (Å²) in [6.45, 7) is 1.70. The second-order valence-electron chi connectivity index (χ2n) is 3.13. The number of halogens is 1. The number of thioether (sulfide) groups is 1. The van der Waals surface area contributed by atoms with E-state index in [1.807, 2.05) is 0 Å². The third-order valence-electron chi connectivity index (χ3n) is 1.74. The molecule has 0 aliphatic rings. The van der Waals surface area contributed by atoms with E-state index in [0.717, 1.165) is 11.8 Å². The van der Waals surface area contributed by atoms with Crippen LogP contribution in [0.1, 0.15) is 5.69 Å². The summed E-state index contributed by atoms with van der Waals surface area (Å²) >= 11 is 1.00. The van der Waals surface area contributed by atoms with Crippen LogP contribution < -0.4 is 0 Å². The Morgan fingerprint density at radius 3 is 2.71 bits per heavy atom. The van der Waals surface area contributed by atoms with Gasteiger partial charge < -0.3 is 0 Å². The van der Waals surface area contributed by atoms with Crippen LogP contribution in [0.5, 0.6) is 0 Å². The Bertz CT molecular complexity index is 532. The maximum absolute atomic E-state index is 10.7. The number of nitro groups is 1. The highest BCUT2D eigenvalue weighted by molar-refractivity contribution is 8.14. The first-order chi connectivity index (χ1) is 7.79. The molecule has 6 nitrogen and oxygen atoms in total. The van der Waals surface area contributed by atoms with Crippen LogP contribution >= 0.6 is 22.4 Å². The van der Waals surface area contributed by atoms with E-state index in [-0.39, 0.29) is 22.2 Å². The van der Waals surface area contributed by atoms with Gasteiger partial charge in [0, 0.05) is 28.2 Å². The summed E-state index contributed by atoms with van der Waals surface area (Å²) < 4.78 is 21.4. The number of nitrogens with zero attached hydrogens (tertiary/aromatic N) is 2. The molecule has 0 aliphatic heterocycles. The molecule has 1 aromatic heterocycles. The standard InChI is InChI=1S/C8H9ClN2O4S2/c1-6-2-3-7(11(12)13)8(10-6)16-4-5-17(9,14)15/h2-3H,4-5H2,1H3. The SMILES string of the molecule is Cc1ccc([N+](=O)[O-])c(SCCS(=O)(=O)Cl)n1. The Labute approximate surface area is 107 Å². The lowest BCUT2D eigenvalue weighted by Gasteiger charge is -2.02. The fourth-order valence-corrected chi connectivity index (χ4v) is 3.40. The largest absolute Gasteiger partial charge is 0.301 e. The van der Waals surface area contributed by atoms with Gasteiger partial charge in [0.2, 0.25) is 9.05 Å². The molecule has 17 heavy (non-hydrogen) atoms. The first-order valence-electron chi connectivity index (χ1n) is 4.47. The van der Waals surface area contributed by atoms with Crippen molar-refractivity contribution in [3.8, 4) is 0 Å². The fourth-order valence-electron chi connectivity index (χ4n) is 1.01. The van der Waals surface area contributed by atoms with Gasteiger partial charge in [-0.15, -0.1) is 0 Å². The quantitative estimate of drug-likeness (QED) is 0.357. The summed E-state index contributed by atoms with van der Waals surface area (Å²) in [6.07, 6.45) is 0. The van der Waals surface area contributed by atoms with Gasteiger partial charge in [0.05, 0.1) is 10.7 Å². The zero-order valence-electron chi connectivity index (χ0n) is 8.79. The van der Waals surface area contributed by atoms with Gasteiger partial charge in [0.25, 0.3) is 0 Å². The number of hydrogen-bond donors (Lipinski definition) is 0. The molecule has 0 spiro atoms. The summed E-state index contributed by atoms with van der Waals surface area (Å²) in [4.78, 5) is 14.1. The van der Waals surface area contributed by atoms with Gasteiger partial charge in [-0.05, 0) is 13.0 Å². The van der Waals surface area contributed by atoms with Gasteiger partial charge in [-0.1, -0.05) is 11.8 Å². The van der Waals surface area contributed by atoms with Crippen molar-refractivity contribution in [1.29, 1.82) is 0 Å². The van der Waals surface area contributed by atoms with Gasteiger partial charge >= 0.3 is 5.69 Å². The van der Waals surface area contributed by atoms with Gasteiger partial charge in [-0.3, -0.25) is 10.1 Å². The van der Waals surface area contributed by atoms with Crippen molar-refractivity contribution in [1.82, 2.24) is 4.98 Å². The van der Waals surface area contributed by atoms with Crippen molar-refractivity contribution in [2.45, 2.75) is 11.9 Å². The van der Waals surface area contributed by atoms with Gasteiger partial charge in [-0.2, -0.15) is 0 Å². The van der Waals surface area contributed by atoms with E-state index in [4.69, 9.17) is 10.7 Å². The molecule has 0 bridgehead atoms. The average molecular weight is 297 g/mol. The van der Waals surface area contributed by atoms with Crippen LogP contribution in [0.2, 0.25) is 0 Å². The minimum atomic E-state index is -3.58. The van der Waals surface area contributed by atoms with E-state index in [9.17, 15) is 18.5 Å². The van der Waals surface area contributed by atoms with Crippen LogP contribution in [0.3, 0.4) is 0 Å². The Morgan fingerprint density at radius 1 is 1.53 bits per heavy atom. The normalized spacial score (nSPS) is 11.4. The van der Waals surface area contributed by atoms with Gasteiger partial charge in [-0.25, -0.2) is 13.4 Å². The molecule has 0 atom stereocenters. The Balaban J connectivity index is 2.82. The fraction of sp³-hybridized carbons (Fsp3) is 0.375. The van der Waals surface area contributed by atoms with Crippen LogP contribution in [0, 0.1) is 17.0 Å². The molecule has 0 N–H and O–H groups in total. The Hall–Kier alpha value is -0.860. The molecular formula is C8H9ClN2O4S2. The van der Waals surface area contributed by atoms with Crippen LogP contribution in [-0.4, -0.2) is 29.8 Å². The van der Waals surface area contributed by atoms with Crippen molar-refractivity contribution in [3.63, 3.8) is 0 Å². The highest BCUT2D eigenvalue weighted by Gasteiger charge is 2.16. The molecule has 9 heteroatoms. The van der Waals surface area contributed by atoms with E-state index in [0.29, 0.717) is 5.69 Å². The van der Waals surface area contributed by atoms with Crippen molar-refractivity contribution in [3.05, 3.63) is 27.9 Å². The molecule has 0 saturated heterocycles. The molecular weight excluding hydrogens is 288 g/mol. The monoisotopic (exact) mass is 296 g/mol. The van der Waals surface area contributed by atoms with E-state index in [2.05, 4.69) is 4.98 Å². The van der Waals surface area contributed by atoms with E-state index >= 15 is 0 Å². The van der Waals surface area contributed by atoms with E-state index in [1.54, 1.807) is 6.92 Å². The summed E-state index contributed by atoms with van der Waals surface area (Å²) in [6, 6.07) is 2.88. The lowest BCUT2D eigenvalue weighted by Crippen LogP contribution is -2.01. The lowest BCUT2D eigenvalue weighted by molar-refractivity contribution is -0.388. The van der Waals surface area contributed by atoms with Gasteiger partial charge in [0.1, 0.15) is 0 Å². The molecule has 0 radical (unpaired) electrons. The predicted octanol–water partition coefficient (Wildman–Crippen LogP) is 1.96. The lowest BCUT2D eigenvalue weighted by atomic mass is 10.3. The van der Waals surface area contributed by atoms with E-state index < -0.39 is 14.0 Å². The summed E-state index contributed by atoms with van der Waals surface area (Å²) in [7, 11) is 1.45. The van der Waals surface area contributed by atoms with Gasteiger partial charge in [0.15, 0.2) is 5.03 Å². The average Bonchev–Trinajstić information content (AvgIpc) is 2.15. The van der Waals surface area contributed by atoms with Crippen LogP contribution in [-0.2, 0) is 9.05 Å². The highest BCUT2D eigenvalue weighted by atomic mass is 35.7. The van der Waals surface area contributed by atoms with Crippen molar-refractivity contribution < 1.29 is 13.3 Å². The predicted molar refractivity (Wildman–Crippen MR) is 66.0 cm³/mol. The second-order valence-corrected chi connectivity index (χ2v) is 7.11. The first kappa shape index (κ1) is 14.2. The van der Waals surface area contributed by atoms with Crippen molar-refractivity contribution in [2.75, 3.05) is 11.5 Å². The van der Waals surface area contributed by atoms with Crippen LogP contribution in [0.15, 0.2) is 17.2 Å². The topological polar surface area (TPSA) is 90.2 Å². The number of aromatic nitrogens is 1. The van der Waals surface area contributed by atoms with Crippen molar-refractivity contribution >= 4 is 37.2 Å². The molecule has 0 unspecified atom stereocenters. The maximum Gasteiger partial charge on any atom is 0.301 e. The molecule has 0 aliphatic carbocycles. The van der Waals surface area contributed by atoms with Crippen LogP contribution in [0.4, 0.5) is 5.69 Å². The Kier molecular flexibility index (Phi) is 4.72. The molecule has 1 aromatic rings. The van der Waals surface area contributed by atoms with Crippen molar-refractivity contribution in [2.24, 2.45) is 0 Å². The van der Waals surface area contributed by atoms with Crippen LogP contribution in [0.25, 0.3) is 0 Å². The third kappa shape index (κ3) is 4.88. The maximum atomic E-state index is 10.7. The number of pyridine rings is 1. The number of rotatable bonds is 5. The summed E-state index contributed by atoms with van der Waals surface area (Å²) in [5, 5.41) is 10.9. The molecule has 1 heterocycles. The third-order valence-corrected chi connectivity index (χ3v) is 4.14. The second kappa shape index (κ2) is 5.65. The smallest absolute Gasteiger partial charge is 0.258 e. The highest BCUT2D eigenvalue weighted by Crippen LogP contribution is 2.27. The zero-order valence-corrected chi connectivity index (χ0v) is 11.2. The summed E-state index contributed by atoms with van der Waals surface area (Å²) in [5.74, 6) is -0.130. The number of aryl methyl sites for hydroxylation is 1. The molecule has 0 amide bonds. The molecule has 0 aromatic carbocycles. The molecule has 1 rings (SSSR count). The number of hydrogen-bond acceptors (Lipinski definition) is 6. The minimum Gasteiger partial charge on any atom is -0.258 e. The molecule has 0 fully saturated rings.